The van der Waals surface area contributed by atoms with Gasteiger partial charge < -0.3 is 15.3 Å². The van der Waals surface area contributed by atoms with Crippen LogP contribution in [0.5, 0.6) is 0 Å². The lowest BCUT2D eigenvalue weighted by Gasteiger charge is -2.19. The van der Waals surface area contributed by atoms with E-state index in [-0.39, 0.29) is 6.54 Å². The molecule has 19 heavy (non-hydrogen) atoms. The highest BCUT2D eigenvalue weighted by Crippen LogP contribution is 2.23. The Labute approximate surface area is 116 Å². The third-order valence-electron chi connectivity index (χ3n) is 2.40. The van der Waals surface area contributed by atoms with Crippen LogP contribution in [-0.2, 0) is 4.79 Å². The van der Waals surface area contributed by atoms with Crippen molar-refractivity contribution in [3.05, 3.63) is 28.8 Å². The predicted molar refractivity (Wildman–Crippen MR) is 73.2 cm³/mol. The standard InChI is InChI=1S/C13H13ClN2O3/c1-3-7-16(8-12(17)18)13(19)15-11-6-4-5-10(14)9(11)2/h1,4-6H,7-8H2,2H3,(H,15,19)(H,17,18). The van der Waals surface area contributed by atoms with Crippen LogP contribution in [0.3, 0.4) is 0 Å². The Morgan fingerprint density at radius 3 is 2.79 bits per heavy atom. The maximum absolute atomic E-state index is 11.9. The van der Waals surface area contributed by atoms with Crippen LogP contribution in [0.1, 0.15) is 5.56 Å². The van der Waals surface area contributed by atoms with E-state index in [0.717, 1.165) is 4.90 Å². The van der Waals surface area contributed by atoms with Crippen LogP contribution in [0.4, 0.5) is 10.5 Å². The number of terminal acetylenes is 1. The van der Waals surface area contributed by atoms with Gasteiger partial charge in [0.25, 0.3) is 0 Å². The highest BCUT2D eigenvalue weighted by molar-refractivity contribution is 6.31. The van der Waals surface area contributed by atoms with Gasteiger partial charge in [0.2, 0.25) is 0 Å². The molecule has 1 aromatic carbocycles. The summed E-state index contributed by atoms with van der Waals surface area (Å²) in [6.45, 7) is 1.20. The molecular formula is C13H13ClN2O3. The number of benzene rings is 1. The monoisotopic (exact) mass is 280 g/mol. The molecule has 5 nitrogen and oxygen atoms in total. The third-order valence-corrected chi connectivity index (χ3v) is 2.81. The number of aliphatic carboxylic acids is 1. The van der Waals surface area contributed by atoms with Gasteiger partial charge in [-0.15, -0.1) is 6.42 Å². The van der Waals surface area contributed by atoms with E-state index in [4.69, 9.17) is 23.1 Å². The molecular weight excluding hydrogens is 268 g/mol. The molecule has 100 valence electrons. The summed E-state index contributed by atoms with van der Waals surface area (Å²) in [5.74, 6) is 1.11. The Morgan fingerprint density at radius 1 is 1.53 bits per heavy atom. The van der Waals surface area contributed by atoms with Gasteiger partial charge in [-0.05, 0) is 24.6 Å². The maximum Gasteiger partial charge on any atom is 0.323 e. The van der Waals surface area contributed by atoms with Gasteiger partial charge >= 0.3 is 12.0 Å². The lowest BCUT2D eigenvalue weighted by atomic mass is 10.2. The zero-order valence-electron chi connectivity index (χ0n) is 10.3. The SMILES string of the molecule is C#CCN(CC(=O)O)C(=O)Nc1cccc(Cl)c1C. The lowest BCUT2D eigenvalue weighted by molar-refractivity contribution is -0.137. The summed E-state index contributed by atoms with van der Waals surface area (Å²) in [7, 11) is 0. The zero-order chi connectivity index (χ0) is 14.4. The first-order chi connectivity index (χ1) is 8.95. The summed E-state index contributed by atoms with van der Waals surface area (Å²) in [5.41, 5.74) is 1.22. The van der Waals surface area contributed by atoms with Gasteiger partial charge in [0.15, 0.2) is 0 Å². The van der Waals surface area contributed by atoms with Crippen LogP contribution >= 0.6 is 11.6 Å². The first-order valence-corrected chi connectivity index (χ1v) is 5.79. The largest absolute Gasteiger partial charge is 0.480 e. The third kappa shape index (κ3) is 4.19. The summed E-state index contributed by atoms with van der Waals surface area (Å²) in [4.78, 5) is 23.6. The van der Waals surface area contributed by atoms with Crippen LogP contribution in [0.25, 0.3) is 0 Å². The molecule has 0 aliphatic carbocycles. The zero-order valence-corrected chi connectivity index (χ0v) is 11.1. The van der Waals surface area contributed by atoms with Crippen molar-refractivity contribution in [1.29, 1.82) is 0 Å². The average Bonchev–Trinajstić information content (AvgIpc) is 2.34. The number of amides is 2. The van der Waals surface area contributed by atoms with E-state index >= 15 is 0 Å². The predicted octanol–water partition coefficient (Wildman–Crippen LogP) is 2.20. The van der Waals surface area contributed by atoms with Gasteiger partial charge in [-0.2, -0.15) is 0 Å². The number of nitrogens with one attached hydrogen (secondary N) is 1. The molecule has 1 rings (SSSR count). The van der Waals surface area contributed by atoms with Gasteiger partial charge in [-0.3, -0.25) is 4.79 Å². The van der Waals surface area contributed by atoms with Crippen molar-refractivity contribution < 1.29 is 14.7 Å². The van der Waals surface area contributed by atoms with Crippen molar-refractivity contribution in [1.82, 2.24) is 4.90 Å². The Balaban J connectivity index is 2.84. The number of carboxylic acids is 1. The molecule has 0 aliphatic rings. The van der Waals surface area contributed by atoms with Crippen molar-refractivity contribution in [2.75, 3.05) is 18.4 Å². The van der Waals surface area contributed by atoms with E-state index in [1.54, 1.807) is 25.1 Å². The molecule has 0 saturated carbocycles. The molecule has 0 saturated heterocycles. The summed E-state index contributed by atoms with van der Waals surface area (Å²) in [6, 6.07) is 4.48. The summed E-state index contributed by atoms with van der Waals surface area (Å²) in [5, 5.41) is 11.8. The molecule has 0 bridgehead atoms. The van der Waals surface area contributed by atoms with Gasteiger partial charge in [-0.1, -0.05) is 23.6 Å². The summed E-state index contributed by atoms with van der Waals surface area (Å²) < 4.78 is 0. The summed E-state index contributed by atoms with van der Waals surface area (Å²) >= 11 is 5.93. The van der Waals surface area contributed by atoms with Crippen molar-refractivity contribution in [2.24, 2.45) is 0 Å². The Bertz CT molecular complexity index is 537. The number of carbonyl (C=O) groups excluding carboxylic acids is 1. The van der Waals surface area contributed by atoms with E-state index in [0.29, 0.717) is 16.3 Å². The van der Waals surface area contributed by atoms with E-state index in [1.165, 1.54) is 0 Å². The first-order valence-electron chi connectivity index (χ1n) is 5.42. The van der Waals surface area contributed by atoms with Crippen LogP contribution < -0.4 is 5.32 Å². The fourth-order valence-electron chi connectivity index (χ4n) is 1.41. The number of carboxylic acid groups (broad SMARTS) is 1. The number of hydrogen-bond donors (Lipinski definition) is 2. The van der Waals surface area contributed by atoms with Gasteiger partial charge in [-0.25, -0.2) is 4.79 Å². The molecule has 0 radical (unpaired) electrons. The quantitative estimate of drug-likeness (QED) is 0.831. The molecule has 2 N–H and O–H groups in total. The smallest absolute Gasteiger partial charge is 0.323 e. The molecule has 0 fully saturated rings. The second-order valence-electron chi connectivity index (χ2n) is 3.80. The minimum atomic E-state index is -1.13. The minimum Gasteiger partial charge on any atom is -0.480 e. The van der Waals surface area contributed by atoms with Crippen molar-refractivity contribution in [2.45, 2.75) is 6.92 Å². The van der Waals surface area contributed by atoms with Crippen molar-refractivity contribution in [3.63, 3.8) is 0 Å². The molecule has 1 aromatic rings. The average molecular weight is 281 g/mol. The number of hydrogen-bond acceptors (Lipinski definition) is 2. The second-order valence-corrected chi connectivity index (χ2v) is 4.20. The number of rotatable bonds is 4. The van der Waals surface area contributed by atoms with Crippen LogP contribution in [-0.4, -0.2) is 35.1 Å². The van der Waals surface area contributed by atoms with E-state index in [1.807, 2.05) is 0 Å². The second kappa shape index (κ2) is 6.66. The van der Waals surface area contributed by atoms with Crippen molar-refractivity contribution >= 4 is 29.3 Å². The Morgan fingerprint density at radius 2 is 2.21 bits per heavy atom. The Hall–Kier alpha value is -2.19. The lowest BCUT2D eigenvalue weighted by Crippen LogP contribution is -2.39. The number of urea groups is 1. The molecule has 0 spiro atoms. The number of halogens is 1. The van der Waals surface area contributed by atoms with E-state index in [2.05, 4.69) is 11.2 Å². The van der Waals surface area contributed by atoms with Crippen molar-refractivity contribution in [3.8, 4) is 12.3 Å². The van der Waals surface area contributed by atoms with E-state index < -0.39 is 18.5 Å². The fourth-order valence-corrected chi connectivity index (χ4v) is 1.58. The molecule has 0 aliphatic heterocycles. The molecule has 0 atom stereocenters. The molecule has 6 heteroatoms. The minimum absolute atomic E-state index is 0.0856. The molecule has 0 heterocycles. The summed E-state index contributed by atoms with van der Waals surface area (Å²) in [6.07, 6.45) is 5.10. The van der Waals surface area contributed by atoms with Crippen LogP contribution in [0.2, 0.25) is 5.02 Å². The number of carbonyl (C=O) groups is 2. The van der Waals surface area contributed by atoms with E-state index in [9.17, 15) is 9.59 Å². The van der Waals surface area contributed by atoms with Gasteiger partial charge in [0, 0.05) is 10.7 Å². The highest BCUT2D eigenvalue weighted by Gasteiger charge is 2.16. The van der Waals surface area contributed by atoms with Crippen LogP contribution in [0.15, 0.2) is 18.2 Å². The highest BCUT2D eigenvalue weighted by atomic mass is 35.5. The van der Waals surface area contributed by atoms with Gasteiger partial charge in [0.1, 0.15) is 6.54 Å². The molecule has 2 amide bonds. The topological polar surface area (TPSA) is 69.6 Å². The van der Waals surface area contributed by atoms with Gasteiger partial charge in [0.05, 0.1) is 6.54 Å². The molecule has 0 aromatic heterocycles. The first kappa shape index (κ1) is 14.9. The molecule has 0 unspecified atom stereocenters. The number of nitrogens with zero attached hydrogens (tertiary/aromatic N) is 1. The fraction of sp³-hybridized carbons (Fsp3) is 0.231. The normalized spacial score (nSPS) is 9.53. The Kier molecular flexibility index (Phi) is 5.22. The van der Waals surface area contributed by atoms with Crippen LogP contribution in [0, 0.1) is 19.3 Å². The maximum atomic E-state index is 11.9. The number of anilines is 1.